The first-order valence-electron chi connectivity index (χ1n) is 6.01. The number of aryl methyl sites for hydroxylation is 1. The maximum absolute atomic E-state index is 13.5. The summed E-state index contributed by atoms with van der Waals surface area (Å²) < 4.78 is 39.2. The highest BCUT2D eigenvalue weighted by atomic mass is 79.9. The van der Waals surface area contributed by atoms with Gasteiger partial charge in [0.2, 0.25) is 0 Å². The highest BCUT2D eigenvalue weighted by Crippen LogP contribution is 2.29. The first kappa shape index (κ1) is 16.4. The van der Waals surface area contributed by atoms with Crippen molar-refractivity contribution in [3.63, 3.8) is 0 Å². The Labute approximate surface area is 136 Å². The molecule has 0 amide bonds. The number of benzene rings is 1. The first-order valence-corrected chi connectivity index (χ1v) is 8.83. The van der Waals surface area contributed by atoms with E-state index in [-0.39, 0.29) is 15.7 Å². The van der Waals surface area contributed by atoms with Crippen molar-refractivity contribution in [2.75, 3.05) is 0 Å². The second-order valence-electron chi connectivity index (χ2n) is 4.61. The molecule has 21 heavy (non-hydrogen) atoms. The second-order valence-corrected chi connectivity index (χ2v) is 7.80. The molecule has 0 bridgehead atoms. The lowest BCUT2D eigenvalue weighted by Crippen LogP contribution is -2.10. The van der Waals surface area contributed by atoms with Gasteiger partial charge in [0.25, 0.3) is 0 Å². The van der Waals surface area contributed by atoms with Crippen molar-refractivity contribution in [3.8, 4) is 0 Å². The van der Waals surface area contributed by atoms with Crippen molar-refractivity contribution >= 4 is 37.4 Å². The molecular weight excluding hydrogens is 381 g/mol. The Morgan fingerprint density at radius 1 is 1.33 bits per heavy atom. The fourth-order valence-electron chi connectivity index (χ4n) is 1.95. The van der Waals surface area contributed by atoms with Crippen LogP contribution in [0.25, 0.3) is 0 Å². The van der Waals surface area contributed by atoms with Crippen molar-refractivity contribution in [3.05, 3.63) is 56.5 Å². The molecule has 0 aliphatic carbocycles. The number of aromatic nitrogens is 1. The number of rotatable bonds is 3. The molecule has 1 heterocycles. The number of sulfone groups is 1. The Kier molecular flexibility index (Phi) is 4.70. The third-order valence-corrected chi connectivity index (χ3v) is 6.18. The van der Waals surface area contributed by atoms with E-state index in [1.54, 1.807) is 20.0 Å². The van der Waals surface area contributed by atoms with E-state index in [1.807, 2.05) is 0 Å². The molecule has 0 radical (unpaired) electrons. The van der Waals surface area contributed by atoms with Gasteiger partial charge in [-0.15, -0.1) is 0 Å². The minimum atomic E-state index is -3.76. The van der Waals surface area contributed by atoms with Crippen molar-refractivity contribution in [1.82, 2.24) is 4.98 Å². The highest BCUT2D eigenvalue weighted by Gasteiger charge is 2.23. The number of hydrogen-bond donors (Lipinski definition) is 0. The van der Waals surface area contributed by atoms with E-state index in [9.17, 15) is 12.8 Å². The van der Waals surface area contributed by atoms with Crippen molar-refractivity contribution in [2.24, 2.45) is 0 Å². The van der Waals surface area contributed by atoms with Gasteiger partial charge in [0.15, 0.2) is 9.84 Å². The first-order chi connectivity index (χ1) is 9.74. The molecule has 0 aliphatic heterocycles. The van der Waals surface area contributed by atoms with Crippen molar-refractivity contribution in [1.29, 1.82) is 0 Å². The second kappa shape index (κ2) is 6.02. The van der Waals surface area contributed by atoms with E-state index in [0.717, 1.165) is 16.1 Å². The van der Waals surface area contributed by atoms with Crippen LogP contribution in [-0.4, -0.2) is 13.4 Å². The predicted octanol–water partition coefficient (Wildman–Crippen LogP) is 4.23. The van der Waals surface area contributed by atoms with E-state index in [4.69, 9.17) is 11.6 Å². The van der Waals surface area contributed by atoms with Gasteiger partial charge in [-0.25, -0.2) is 12.8 Å². The number of nitrogens with zero attached hydrogens (tertiary/aromatic N) is 1. The van der Waals surface area contributed by atoms with E-state index in [2.05, 4.69) is 20.9 Å². The van der Waals surface area contributed by atoms with E-state index in [0.29, 0.717) is 11.3 Å². The Morgan fingerprint density at radius 2 is 2.00 bits per heavy atom. The summed E-state index contributed by atoms with van der Waals surface area (Å²) >= 11 is 9.10. The van der Waals surface area contributed by atoms with E-state index in [1.165, 1.54) is 12.1 Å². The summed E-state index contributed by atoms with van der Waals surface area (Å²) in [4.78, 5) is 3.93. The van der Waals surface area contributed by atoms with Crippen LogP contribution in [0.5, 0.6) is 0 Å². The zero-order valence-corrected chi connectivity index (χ0v) is 14.5. The predicted molar refractivity (Wildman–Crippen MR) is 83.7 cm³/mol. The summed E-state index contributed by atoms with van der Waals surface area (Å²) in [5, 5.41) is -0.379. The molecule has 0 atom stereocenters. The summed E-state index contributed by atoms with van der Waals surface area (Å²) in [5.74, 6) is -1.03. The van der Waals surface area contributed by atoms with Crippen molar-refractivity contribution < 1.29 is 12.8 Å². The third kappa shape index (κ3) is 3.27. The number of halogens is 3. The molecule has 0 saturated heterocycles. The Morgan fingerprint density at radius 3 is 2.67 bits per heavy atom. The highest BCUT2D eigenvalue weighted by molar-refractivity contribution is 9.10. The van der Waals surface area contributed by atoms with Gasteiger partial charge < -0.3 is 0 Å². The van der Waals surface area contributed by atoms with Crippen molar-refractivity contribution in [2.45, 2.75) is 24.5 Å². The molecule has 3 nitrogen and oxygen atoms in total. The van der Waals surface area contributed by atoms with Crippen LogP contribution in [0.4, 0.5) is 4.39 Å². The molecule has 2 aromatic rings. The maximum Gasteiger partial charge on any atom is 0.184 e. The third-order valence-electron chi connectivity index (χ3n) is 3.20. The average molecular weight is 393 g/mol. The summed E-state index contributed by atoms with van der Waals surface area (Å²) in [6, 6.07) is 3.75. The Balaban J connectivity index is 2.53. The van der Waals surface area contributed by atoms with Crippen LogP contribution in [-0.2, 0) is 15.6 Å². The zero-order valence-electron chi connectivity index (χ0n) is 11.3. The Bertz CT molecular complexity index is 809. The van der Waals surface area contributed by atoms with Crippen LogP contribution < -0.4 is 0 Å². The average Bonchev–Trinajstić information content (AvgIpc) is 2.42. The van der Waals surface area contributed by atoms with Gasteiger partial charge >= 0.3 is 0 Å². The van der Waals surface area contributed by atoms with Gasteiger partial charge in [-0.05, 0) is 53.0 Å². The maximum atomic E-state index is 13.5. The van der Waals surface area contributed by atoms with Crippen LogP contribution in [0, 0.1) is 19.7 Å². The Hall–Kier alpha value is -0.980. The standard InChI is InChI=1S/C14H12BrClFNO2S/c1-8-10(9(2)18-6-11(8)15)7-21(19,20)13-5-3-4-12(17)14(13)16/h3-6H,7H2,1-2H3. The van der Waals surface area contributed by atoms with Gasteiger partial charge in [-0.3, -0.25) is 4.98 Å². The van der Waals surface area contributed by atoms with Gasteiger partial charge in [0, 0.05) is 16.4 Å². The summed E-state index contributed by atoms with van der Waals surface area (Å²) in [7, 11) is -3.76. The molecular formula is C14H12BrClFNO2S. The smallest absolute Gasteiger partial charge is 0.184 e. The van der Waals surface area contributed by atoms with Gasteiger partial charge in [0.1, 0.15) is 5.82 Å². The molecule has 0 fully saturated rings. The molecule has 0 N–H and O–H groups in total. The molecule has 0 spiro atoms. The lowest BCUT2D eigenvalue weighted by molar-refractivity contribution is 0.590. The molecule has 2 rings (SSSR count). The largest absolute Gasteiger partial charge is 0.260 e. The summed E-state index contributed by atoms with van der Waals surface area (Å²) in [6.07, 6.45) is 1.62. The van der Waals surface area contributed by atoms with Gasteiger partial charge in [-0.1, -0.05) is 17.7 Å². The minimum Gasteiger partial charge on any atom is -0.260 e. The molecule has 1 aromatic heterocycles. The zero-order chi connectivity index (χ0) is 15.8. The minimum absolute atomic E-state index is 0.206. The fourth-order valence-corrected chi connectivity index (χ4v) is 4.39. The van der Waals surface area contributed by atoms with Crippen LogP contribution >= 0.6 is 27.5 Å². The lowest BCUT2D eigenvalue weighted by Gasteiger charge is -2.12. The number of pyridine rings is 1. The summed E-state index contributed by atoms with van der Waals surface area (Å²) in [6.45, 7) is 3.54. The lowest BCUT2D eigenvalue weighted by atomic mass is 10.1. The molecule has 1 aromatic carbocycles. The van der Waals surface area contributed by atoms with Crippen LogP contribution in [0.2, 0.25) is 5.02 Å². The normalized spacial score (nSPS) is 11.7. The topological polar surface area (TPSA) is 47.0 Å². The molecule has 112 valence electrons. The quantitative estimate of drug-likeness (QED) is 0.785. The van der Waals surface area contributed by atoms with E-state index < -0.39 is 15.7 Å². The van der Waals surface area contributed by atoms with Crippen LogP contribution in [0.15, 0.2) is 33.8 Å². The van der Waals surface area contributed by atoms with Crippen LogP contribution in [0.1, 0.15) is 16.8 Å². The monoisotopic (exact) mass is 391 g/mol. The summed E-state index contributed by atoms with van der Waals surface area (Å²) in [5.41, 5.74) is 2.00. The van der Waals surface area contributed by atoms with Crippen LogP contribution in [0.3, 0.4) is 0 Å². The van der Waals surface area contributed by atoms with Gasteiger partial charge in [-0.2, -0.15) is 0 Å². The van der Waals surface area contributed by atoms with E-state index >= 15 is 0 Å². The fraction of sp³-hybridized carbons (Fsp3) is 0.214. The molecule has 0 aliphatic rings. The molecule has 0 unspecified atom stereocenters. The number of hydrogen-bond acceptors (Lipinski definition) is 3. The van der Waals surface area contributed by atoms with Gasteiger partial charge in [0.05, 0.1) is 15.7 Å². The molecule has 0 saturated carbocycles. The SMILES string of the molecule is Cc1ncc(Br)c(C)c1CS(=O)(=O)c1cccc(F)c1Cl. The molecule has 7 heteroatoms.